The Labute approximate surface area is 87.5 Å². The van der Waals surface area contributed by atoms with Crippen molar-refractivity contribution >= 4 is 10.0 Å². The fourth-order valence-corrected chi connectivity index (χ4v) is 2.28. The average Bonchev–Trinajstić information content (AvgIpc) is 2.00. The van der Waals surface area contributed by atoms with Crippen LogP contribution in [0.4, 0.5) is 0 Å². The van der Waals surface area contributed by atoms with E-state index in [-0.39, 0.29) is 11.2 Å². The number of likely N-dealkylation sites (N-methyl/N-ethyl adjacent to an activating group) is 1. The van der Waals surface area contributed by atoms with Crippen molar-refractivity contribution in [3.05, 3.63) is 0 Å². The molecular formula is C9H22N2O2S. The summed E-state index contributed by atoms with van der Waals surface area (Å²) in [5, 5.41) is 2.89. The van der Waals surface area contributed by atoms with Gasteiger partial charge in [0.15, 0.2) is 0 Å². The molecule has 0 bridgehead atoms. The number of hydrogen-bond donors (Lipinski definition) is 2. The maximum Gasteiger partial charge on any atom is 0.211 e. The van der Waals surface area contributed by atoms with E-state index in [1.54, 1.807) is 7.05 Å². The van der Waals surface area contributed by atoms with E-state index in [9.17, 15) is 8.42 Å². The van der Waals surface area contributed by atoms with Gasteiger partial charge in [-0.15, -0.1) is 0 Å². The molecule has 0 saturated heterocycles. The molecule has 2 N–H and O–H groups in total. The molecular weight excluding hydrogens is 200 g/mol. The van der Waals surface area contributed by atoms with Crippen molar-refractivity contribution in [1.82, 2.24) is 10.0 Å². The molecule has 0 rings (SSSR count). The third-order valence-corrected chi connectivity index (χ3v) is 3.20. The number of rotatable bonds is 6. The quantitative estimate of drug-likeness (QED) is 0.646. The van der Waals surface area contributed by atoms with Crippen LogP contribution in [0.1, 0.15) is 27.2 Å². The normalized spacial score (nSPS) is 13.1. The van der Waals surface area contributed by atoms with Crippen LogP contribution in [0, 0.1) is 5.41 Å². The minimum atomic E-state index is -3.08. The molecule has 0 aromatic heterocycles. The maximum atomic E-state index is 11.4. The highest BCUT2D eigenvalue weighted by Crippen LogP contribution is 2.18. The molecule has 0 radical (unpaired) electrons. The fourth-order valence-electron chi connectivity index (χ4n) is 0.844. The first kappa shape index (κ1) is 13.9. The zero-order valence-electron chi connectivity index (χ0n) is 9.55. The molecule has 0 aromatic carbocycles. The second-order valence-corrected chi connectivity index (χ2v) is 6.55. The lowest BCUT2D eigenvalue weighted by molar-refractivity contribution is 0.396. The van der Waals surface area contributed by atoms with Gasteiger partial charge in [-0.25, -0.2) is 13.1 Å². The number of sulfonamides is 1. The van der Waals surface area contributed by atoms with Crippen LogP contribution in [0.5, 0.6) is 0 Å². The smallest absolute Gasteiger partial charge is 0.211 e. The van der Waals surface area contributed by atoms with Crippen LogP contribution in [-0.4, -0.2) is 34.3 Å². The summed E-state index contributed by atoms with van der Waals surface area (Å²) in [5.41, 5.74) is 0.0672. The minimum absolute atomic E-state index is 0.0672. The zero-order chi connectivity index (χ0) is 11.2. The number of nitrogens with one attached hydrogen (secondary N) is 2. The second-order valence-electron chi connectivity index (χ2n) is 4.63. The van der Waals surface area contributed by atoms with E-state index in [2.05, 4.69) is 10.0 Å². The van der Waals surface area contributed by atoms with Crippen molar-refractivity contribution in [2.45, 2.75) is 27.2 Å². The molecule has 0 aliphatic heterocycles. The van der Waals surface area contributed by atoms with Gasteiger partial charge in [-0.05, 0) is 18.9 Å². The van der Waals surface area contributed by atoms with Crippen LogP contribution < -0.4 is 10.0 Å². The number of hydrogen-bond acceptors (Lipinski definition) is 3. The summed E-state index contributed by atoms with van der Waals surface area (Å²) in [6.07, 6.45) is 0.682. The molecule has 0 fully saturated rings. The zero-order valence-corrected chi connectivity index (χ0v) is 10.4. The van der Waals surface area contributed by atoms with Crippen LogP contribution >= 0.6 is 0 Å². The van der Waals surface area contributed by atoms with Gasteiger partial charge in [0.2, 0.25) is 10.0 Å². The standard InChI is InChI=1S/C9H22N2O2S/c1-9(2,3)5-8-14(12,13)11-7-6-10-4/h10-11H,5-8H2,1-4H3. The van der Waals surface area contributed by atoms with Gasteiger partial charge in [-0.2, -0.15) is 0 Å². The van der Waals surface area contributed by atoms with Crippen LogP contribution in [0.15, 0.2) is 0 Å². The van der Waals surface area contributed by atoms with Gasteiger partial charge in [-0.3, -0.25) is 0 Å². The molecule has 5 heteroatoms. The van der Waals surface area contributed by atoms with Gasteiger partial charge in [0.25, 0.3) is 0 Å². The SMILES string of the molecule is CNCCNS(=O)(=O)CCC(C)(C)C. The molecule has 0 spiro atoms. The molecule has 0 atom stereocenters. The van der Waals surface area contributed by atoms with Gasteiger partial charge >= 0.3 is 0 Å². The van der Waals surface area contributed by atoms with Crippen molar-refractivity contribution in [1.29, 1.82) is 0 Å². The molecule has 86 valence electrons. The second kappa shape index (κ2) is 5.68. The third kappa shape index (κ3) is 8.47. The summed E-state index contributed by atoms with van der Waals surface area (Å²) in [5.74, 6) is 0.209. The highest BCUT2D eigenvalue weighted by molar-refractivity contribution is 7.89. The molecule has 0 aliphatic carbocycles. The van der Waals surface area contributed by atoms with E-state index < -0.39 is 10.0 Å². The summed E-state index contributed by atoms with van der Waals surface area (Å²) in [6.45, 7) is 7.24. The van der Waals surface area contributed by atoms with E-state index in [0.29, 0.717) is 19.5 Å². The largest absolute Gasteiger partial charge is 0.318 e. The van der Waals surface area contributed by atoms with E-state index in [0.717, 1.165) is 0 Å². The topological polar surface area (TPSA) is 58.2 Å². The lowest BCUT2D eigenvalue weighted by Crippen LogP contribution is -2.33. The average molecular weight is 222 g/mol. The molecule has 0 amide bonds. The molecule has 0 aliphatic rings. The molecule has 14 heavy (non-hydrogen) atoms. The van der Waals surface area contributed by atoms with E-state index in [1.807, 2.05) is 20.8 Å². The summed E-state index contributed by atoms with van der Waals surface area (Å²) in [7, 11) is -1.28. The first-order chi connectivity index (χ1) is 6.27. The van der Waals surface area contributed by atoms with Crippen molar-refractivity contribution in [2.75, 3.05) is 25.9 Å². The predicted molar refractivity (Wildman–Crippen MR) is 59.8 cm³/mol. The summed E-state index contributed by atoms with van der Waals surface area (Å²) < 4.78 is 25.4. The van der Waals surface area contributed by atoms with Crippen molar-refractivity contribution < 1.29 is 8.42 Å². The van der Waals surface area contributed by atoms with Gasteiger partial charge in [0, 0.05) is 13.1 Å². The molecule has 0 saturated carbocycles. The first-order valence-corrected chi connectivity index (χ1v) is 6.54. The van der Waals surface area contributed by atoms with Crippen LogP contribution in [0.25, 0.3) is 0 Å². The molecule has 4 nitrogen and oxygen atoms in total. The van der Waals surface area contributed by atoms with E-state index in [1.165, 1.54) is 0 Å². The Bertz CT molecular complexity index is 242. The van der Waals surface area contributed by atoms with E-state index >= 15 is 0 Å². The molecule has 0 unspecified atom stereocenters. The first-order valence-electron chi connectivity index (χ1n) is 4.89. The summed E-state index contributed by atoms with van der Waals surface area (Å²) in [6, 6.07) is 0. The Morgan fingerprint density at radius 1 is 1.14 bits per heavy atom. The van der Waals surface area contributed by atoms with Crippen molar-refractivity contribution in [3.8, 4) is 0 Å². The van der Waals surface area contributed by atoms with Crippen LogP contribution in [0.3, 0.4) is 0 Å². The van der Waals surface area contributed by atoms with E-state index in [4.69, 9.17) is 0 Å². The van der Waals surface area contributed by atoms with Gasteiger partial charge in [-0.1, -0.05) is 20.8 Å². The van der Waals surface area contributed by atoms with Crippen molar-refractivity contribution in [3.63, 3.8) is 0 Å². The third-order valence-electron chi connectivity index (χ3n) is 1.82. The lowest BCUT2D eigenvalue weighted by Gasteiger charge is -2.17. The highest BCUT2D eigenvalue weighted by atomic mass is 32.2. The fraction of sp³-hybridized carbons (Fsp3) is 1.00. The molecule has 0 heterocycles. The minimum Gasteiger partial charge on any atom is -0.318 e. The lowest BCUT2D eigenvalue weighted by atomic mass is 9.94. The Morgan fingerprint density at radius 2 is 1.71 bits per heavy atom. The Balaban J connectivity index is 3.85. The van der Waals surface area contributed by atoms with Crippen LogP contribution in [0.2, 0.25) is 0 Å². The Kier molecular flexibility index (Phi) is 5.63. The van der Waals surface area contributed by atoms with Gasteiger partial charge in [0.05, 0.1) is 5.75 Å². The van der Waals surface area contributed by atoms with Gasteiger partial charge in [0.1, 0.15) is 0 Å². The maximum absolute atomic E-state index is 11.4. The predicted octanol–water partition coefficient (Wildman–Crippen LogP) is 0.561. The van der Waals surface area contributed by atoms with Gasteiger partial charge < -0.3 is 5.32 Å². The Hall–Kier alpha value is -0.130. The molecule has 0 aromatic rings. The van der Waals surface area contributed by atoms with Crippen LogP contribution in [-0.2, 0) is 10.0 Å². The Morgan fingerprint density at radius 3 is 2.14 bits per heavy atom. The van der Waals surface area contributed by atoms with Crippen molar-refractivity contribution in [2.24, 2.45) is 5.41 Å². The monoisotopic (exact) mass is 222 g/mol. The highest BCUT2D eigenvalue weighted by Gasteiger charge is 2.16. The summed E-state index contributed by atoms with van der Waals surface area (Å²) >= 11 is 0. The summed E-state index contributed by atoms with van der Waals surface area (Å²) in [4.78, 5) is 0.